The maximum Gasteiger partial charge on any atom is 0.328 e. The van der Waals surface area contributed by atoms with Crippen molar-refractivity contribution in [1.29, 1.82) is 0 Å². The Hall–Kier alpha value is -2.51. The third kappa shape index (κ3) is 4.66. The van der Waals surface area contributed by atoms with Crippen LogP contribution in [-0.4, -0.2) is 50.8 Å². The summed E-state index contributed by atoms with van der Waals surface area (Å²) in [5, 5.41) is 3.73. The lowest BCUT2D eigenvalue weighted by molar-refractivity contribution is -0.145. The first-order chi connectivity index (χ1) is 13.0. The average Bonchev–Trinajstić information content (AvgIpc) is 3.04. The molecule has 0 bridgehead atoms. The molecule has 1 amide bonds. The summed E-state index contributed by atoms with van der Waals surface area (Å²) in [5.41, 5.74) is 9.10. The zero-order chi connectivity index (χ0) is 21.1. The van der Waals surface area contributed by atoms with Crippen LogP contribution in [-0.2, 0) is 9.53 Å². The van der Waals surface area contributed by atoms with E-state index in [0.717, 1.165) is 5.75 Å². The second kappa shape index (κ2) is 8.24. The molecule has 1 aliphatic rings. The summed E-state index contributed by atoms with van der Waals surface area (Å²) in [6.07, 6.45) is 0.259. The van der Waals surface area contributed by atoms with Gasteiger partial charge in [0.25, 0.3) is 5.91 Å². The van der Waals surface area contributed by atoms with Crippen molar-refractivity contribution in [2.45, 2.75) is 57.4 Å². The largest absolute Gasteiger partial charge is 0.544 e. The molecule has 0 saturated carbocycles. The Balaban J connectivity index is 2.19. The molecule has 2 atom stereocenters. The minimum atomic E-state index is -1.97. The molecule has 0 aliphatic carbocycles. The minimum Gasteiger partial charge on any atom is -0.544 e. The molecule has 1 aliphatic heterocycles. The normalized spacial score (nSPS) is 19.7. The smallest absolute Gasteiger partial charge is 0.328 e. The van der Waals surface area contributed by atoms with Crippen LogP contribution in [0.2, 0.25) is 18.1 Å². The Kier molecular flexibility index (Phi) is 6.41. The summed E-state index contributed by atoms with van der Waals surface area (Å²) >= 11 is 0. The highest BCUT2D eigenvalue weighted by molar-refractivity contribution is 6.74. The van der Waals surface area contributed by atoms with Crippen LogP contribution in [0, 0.1) is 0 Å². The predicted octanol–water partition coefficient (Wildman–Crippen LogP) is 4.14. The third-order valence-electron chi connectivity index (χ3n) is 5.51. The van der Waals surface area contributed by atoms with Gasteiger partial charge in [0.1, 0.15) is 11.8 Å². The second-order valence-corrected chi connectivity index (χ2v) is 13.2. The number of rotatable bonds is 5. The number of hydrogen-bond donors (Lipinski definition) is 0. The quantitative estimate of drug-likeness (QED) is 0.242. The summed E-state index contributed by atoms with van der Waals surface area (Å²) in [6, 6.07) is 5.75. The maximum absolute atomic E-state index is 12.9. The zero-order valence-corrected chi connectivity index (χ0v) is 18.3. The number of esters is 1. The van der Waals surface area contributed by atoms with E-state index in [1.165, 1.54) is 12.0 Å². The molecule has 8 nitrogen and oxygen atoms in total. The Morgan fingerprint density at radius 2 is 1.86 bits per heavy atom. The minimum absolute atomic E-state index is 0.0705. The summed E-state index contributed by atoms with van der Waals surface area (Å²) in [4.78, 5) is 29.2. The van der Waals surface area contributed by atoms with Gasteiger partial charge in [0.05, 0.1) is 13.2 Å². The number of azide groups is 1. The predicted molar refractivity (Wildman–Crippen MR) is 109 cm³/mol. The van der Waals surface area contributed by atoms with Crippen LogP contribution >= 0.6 is 0 Å². The van der Waals surface area contributed by atoms with Gasteiger partial charge in [-0.2, -0.15) is 0 Å². The van der Waals surface area contributed by atoms with Gasteiger partial charge in [-0.25, -0.2) is 4.79 Å². The lowest BCUT2D eigenvalue weighted by atomic mass is 10.1. The standard InChI is InChI=1S/C19H28N4O4Si/c1-19(2,3)28(5,6)27-15-9-7-13(8-10-15)17(24)23-12-14(21-22-20)11-16(23)18(25)26-4/h7-10,14,16H,11-12H2,1-6H3/t14-,16-/m0/s1. The molecule has 1 fully saturated rings. The summed E-state index contributed by atoms with van der Waals surface area (Å²) in [7, 11) is -0.691. The van der Waals surface area contributed by atoms with Crippen LogP contribution in [0.25, 0.3) is 10.4 Å². The van der Waals surface area contributed by atoms with Crippen LogP contribution in [0.4, 0.5) is 0 Å². The lowest BCUT2D eigenvalue weighted by Gasteiger charge is -2.36. The zero-order valence-electron chi connectivity index (χ0n) is 17.3. The van der Waals surface area contributed by atoms with Gasteiger partial charge in [-0.3, -0.25) is 4.79 Å². The van der Waals surface area contributed by atoms with Crippen molar-refractivity contribution in [2.24, 2.45) is 5.11 Å². The highest BCUT2D eigenvalue weighted by Crippen LogP contribution is 2.37. The van der Waals surface area contributed by atoms with Gasteiger partial charge < -0.3 is 14.1 Å². The van der Waals surface area contributed by atoms with Crippen molar-refractivity contribution in [1.82, 2.24) is 4.90 Å². The van der Waals surface area contributed by atoms with Crippen LogP contribution < -0.4 is 4.43 Å². The molecule has 152 valence electrons. The number of carbonyl (C=O) groups excluding carboxylic acids is 2. The van der Waals surface area contributed by atoms with E-state index in [1.54, 1.807) is 24.3 Å². The van der Waals surface area contributed by atoms with Crippen molar-refractivity contribution in [2.75, 3.05) is 13.7 Å². The Morgan fingerprint density at radius 1 is 1.25 bits per heavy atom. The first kappa shape index (κ1) is 21.8. The molecule has 0 N–H and O–H groups in total. The molecular formula is C19H28N4O4Si. The molecule has 2 rings (SSSR count). The van der Waals surface area contributed by atoms with Crippen LogP contribution in [0.5, 0.6) is 5.75 Å². The SMILES string of the molecule is COC(=O)[C@@H]1C[C@H](N=[N+]=[N-])CN1C(=O)c1ccc(O[Si](C)(C)C(C)(C)C)cc1. The van der Waals surface area contributed by atoms with E-state index in [-0.39, 0.29) is 23.9 Å². The van der Waals surface area contributed by atoms with E-state index in [2.05, 4.69) is 43.9 Å². The van der Waals surface area contributed by atoms with E-state index in [4.69, 9.17) is 14.7 Å². The van der Waals surface area contributed by atoms with Gasteiger partial charge in [-0.15, -0.1) is 0 Å². The first-order valence-electron chi connectivity index (χ1n) is 9.22. The molecule has 28 heavy (non-hydrogen) atoms. The maximum atomic E-state index is 12.9. The number of amides is 1. The van der Waals surface area contributed by atoms with Gasteiger partial charge in [0, 0.05) is 17.0 Å². The molecule has 1 heterocycles. The fourth-order valence-electron chi connectivity index (χ4n) is 2.83. The van der Waals surface area contributed by atoms with Crippen LogP contribution in [0.3, 0.4) is 0 Å². The highest BCUT2D eigenvalue weighted by atomic mass is 28.4. The molecule has 1 aromatic carbocycles. The second-order valence-electron chi connectivity index (χ2n) is 8.48. The highest BCUT2D eigenvalue weighted by Gasteiger charge is 2.41. The van der Waals surface area contributed by atoms with Gasteiger partial charge >= 0.3 is 5.97 Å². The number of benzene rings is 1. The molecule has 1 aromatic rings. The van der Waals surface area contributed by atoms with Gasteiger partial charge in [0.2, 0.25) is 8.32 Å². The molecule has 0 radical (unpaired) electrons. The number of nitrogens with zero attached hydrogens (tertiary/aromatic N) is 4. The topological polar surface area (TPSA) is 105 Å². The van der Waals surface area contributed by atoms with Crippen molar-refractivity contribution in [3.05, 3.63) is 40.3 Å². The fourth-order valence-corrected chi connectivity index (χ4v) is 3.87. The van der Waals surface area contributed by atoms with Crippen molar-refractivity contribution >= 4 is 20.2 Å². The number of likely N-dealkylation sites (tertiary alicyclic amines) is 1. The van der Waals surface area contributed by atoms with Crippen LogP contribution in [0.15, 0.2) is 29.4 Å². The van der Waals surface area contributed by atoms with E-state index in [0.29, 0.717) is 5.56 Å². The Bertz CT molecular complexity index is 782. The molecular weight excluding hydrogens is 376 g/mol. The summed E-state index contributed by atoms with van der Waals surface area (Å²) in [6.45, 7) is 11.0. The van der Waals surface area contributed by atoms with Crippen molar-refractivity contribution in [3.63, 3.8) is 0 Å². The Morgan fingerprint density at radius 3 is 2.36 bits per heavy atom. The monoisotopic (exact) mass is 404 g/mol. The first-order valence-corrected chi connectivity index (χ1v) is 12.1. The van der Waals surface area contributed by atoms with E-state index in [9.17, 15) is 9.59 Å². The Labute approximate surface area is 166 Å². The summed E-state index contributed by atoms with van der Waals surface area (Å²) < 4.78 is 11.0. The van der Waals surface area contributed by atoms with E-state index in [1.807, 2.05) is 0 Å². The van der Waals surface area contributed by atoms with Gasteiger partial charge in [0.15, 0.2) is 0 Å². The average molecular weight is 405 g/mol. The third-order valence-corrected chi connectivity index (χ3v) is 9.87. The van der Waals surface area contributed by atoms with Crippen molar-refractivity contribution < 1.29 is 18.8 Å². The molecule has 1 saturated heterocycles. The fraction of sp³-hybridized carbons (Fsp3) is 0.579. The lowest BCUT2D eigenvalue weighted by Crippen LogP contribution is -2.43. The molecule has 0 unspecified atom stereocenters. The molecule has 9 heteroatoms. The molecule has 0 spiro atoms. The van der Waals surface area contributed by atoms with E-state index >= 15 is 0 Å². The van der Waals surface area contributed by atoms with Gasteiger partial charge in [-0.1, -0.05) is 25.9 Å². The summed E-state index contributed by atoms with van der Waals surface area (Å²) in [5.74, 6) is -0.0900. The van der Waals surface area contributed by atoms with Gasteiger partial charge in [-0.05, 0) is 54.3 Å². The van der Waals surface area contributed by atoms with Crippen LogP contribution in [0.1, 0.15) is 37.6 Å². The number of carbonyl (C=O) groups is 2. The van der Waals surface area contributed by atoms with Crippen molar-refractivity contribution in [3.8, 4) is 5.75 Å². The number of hydrogen-bond acceptors (Lipinski definition) is 5. The number of methoxy groups -OCH3 is 1. The molecule has 0 aromatic heterocycles. The van der Waals surface area contributed by atoms with E-state index < -0.39 is 26.4 Å². The number of ether oxygens (including phenoxy) is 1.